The maximum absolute atomic E-state index is 11.8. The summed E-state index contributed by atoms with van der Waals surface area (Å²) in [4.78, 5) is 11.8. The highest BCUT2D eigenvalue weighted by molar-refractivity contribution is 9.10. The summed E-state index contributed by atoms with van der Waals surface area (Å²) in [6.07, 6.45) is 3.08. The molecule has 1 N–H and O–H groups in total. The van der Waals surface area contributed by atoms with E-state index in [1.165, 1.54) is 6.26 Å². The second-order valence-electron chi connectivity index (χ2n) is 5.29. The van der Waals surface area contributed by atoms with Crippen molar-refractivity contribution in [2.75, 3.05) is 0 Å². The number of carbonyl (C=O) groups excluding carboxylic acids is 1. The van der Waals surface area contributed by atoms with E-state index in [4.69, 9.17) is 4.42 Å². The van der Waals surface area contributed by atoms with Crippen LogP contribution in [0.15, 0.2) is 62.7 Å². The Bertz CT molecular complexity index is 895. The minimum absolute atomic E-state index is 0.228. The van der Waals surface area contributed by atoms with Gasteiger partial charge in [0.1, 0.15) is 0 Å². The van der Waals surface area contributed by atoms with Crippen LogP contribution in [0.5, 0.6) is 0 Å². The number of furan rings is 1. The number of hydrogen-bond donors (Lipinski definition) is 1. The van der Waals surface area contributed by atoms with Gasteiger partial charge in [-0.05, 0) is 60.1 Å². The van der Waals surface area contributed by atoms with Crippen LogP contribution in [0.3, 0.4) is 0 Å². The fourth-order valence-corrected chi connectivity index (χ4v) is 3.01. The molecule has 0 aliphatic heterocycles. The van der Waals surface area contributed by atoms with Gasteiger partial charge in [0.25, 0.3) is 0 Å². The Kier molecular flexibility index (Phi) is 4.66. The number of aromatic nitrogens is 1. The molecule has 0 atom stereocenters. The Morgan fingerprint density at radius 3 is 2.75 bits per heavy atom. The highest BCUT2D eigenvalue weighted by Crippen LogP contribution is 2.25. The van der Waals surface area contributed by atoms with Crippen LogP contribution in [-0.4, -0.2) is 16.7 Å². The van der Waals surface area contributed by atoms with Gasteiger partial charge in [-0.15, -0.1) is 0 Å². The minimum Gasteiger partial charge on any atom is -0.459 e. The fraction of sp³-hybridized carbons (Fsp3) is 0.111. The van der Waals surface area contributed by atoms with E-state index < -0.39 is 0 Å². The number of hydrogen-bond acceptors (Lipinski definition) is 3. The van der Waals surface area contributed by atoms with Crippen molar-refractivity contribution in [2.24, 2.45) is 5.10 Å². The summed E-state index contributed by atoms with van der Waals surface area (Å²) >= 11 is 3.58. The summed E-state index contributed by atoms with van der Waals surface area (Å²) in [6, 6.07) is 13.3. The molecule has 0 bridgehead atoms. The number of para-hydroxylation sites is 1. The molecule has 122 valence electrons. The normalized spacial score (nSPS) is 11.1. The molecule has 1 amide bonds. The number of amides is 1. The fourth-order valence-electron chi connectivity index (χ4n) is 2.55. The third-order valence-electron chi connectivity index (χ3n) is 3.68. The molecule has 3 aromatic rings. The first kappa shape index (κ1) is 16.3. The van der Waals surface area contributed by atoms with E-state index in [1.807, 2.05) is 44.2 Å². The van der Waals surface area contributed by atoms with E-state index in [2.05, 4.69) is 31.0 Å². The average Bonchev–Trinajstić information content (AvgIpc) is 3.18. The molecule has 24 heavy (non-hydrogen) atoms. The molecule has 0 fully saturated rings. The number of rotatable bonds is 4. The second kappa shape index (κ2) is 6.88. The van der Waals surface area contributed by atoms with Crippen LogP contribution in [0.1, 0.15) is 27.5 Å². The molecule has 6 heteroatoms. The van der Waals surface area contributed by atoms with Crippen molar-refractivity contribution in [1.29, 1.82) is 0 Å². The molecule has 2 heterocycles. The number of halogens is 1. The largest absolute Gasteiger partial charge is 0.459 e. The quantitative estimate of drug-likeness (QED) is 0.539. The summed E-state index contributed by atoms with van der Waals surface area (Å²) in [5.74, 6) is -0.151. The van der Waals surface area contributed by atoms with Crippen molar-refractivity contribution >= 4 is 28.1 Å². The maximum Gasteiger partial charge on any atom is 0.307 e. The van der Waals surface area contributed by atoms with E-state index in [0.717, 1.165) is 27.1 Å². The topological polar surface area (TPSA) is 59.5 Å². The zero-order valence-corrected chi connectivity index (χ0v) is 14.9. The average molecular weight is 386 g/mol. The molecule has 5 nitrogen and oxygen atoms in total. The van der Waals surface area contributed by atoms with E-state index in [-0.39, 0.29) is 11.7 Å². The van der Waals surface area contributed by atoms with Gasteiger partial charge >= 0.3 is 5.91 Å². The molecule has 1 aromatic carbocycles. The van der Waals surface area contributed by atoms with Crippen LogP contribution < -0.4 is 5.43 Å². The van der Waals surface area contributed by atoms with Gasteiger partial charge in [-0.25, -0.2) is 5.43 Å². The molecule has 3 rings (SSSR count). The molecular weight excluding hydrogens is 370 g/mol. The maximum atomic E-state index is 11.8. The zero-order chi connectivity index (χ0) is 17.1. The highest BCUT2D eigenvalue weighted by atomic mass is 79.9. The van der Waals surface area contributed by atoms with Gasteiger partial charge in [0.05, 0.1) is 18.2 Å². The third kappa shape index (κ3) is 3.19. The van der Waals surface area contributed by atoms with Crippen LogP contribution >= 0.6 is 15.9 Å². The molecule has 0 radical (unpaired) electrons. The number of nitrogens with one attached hydrogen (secondary N) is 1. The molecular formula is C18H16BrN3O2. The van der Waals surface area contributed by atoms with Crippen molar-refractivity contribution < 1.29 is 9.21 Å². The summed E-state index contributed by atoms with van der Waals surface area (Å²) in [5.41, 5.74) is 6.57. The smallest absolute Gasteiger partial charge is 0.307 e. The van der Waals surface area contributed by atoms with E-state index in [0.29, 0.717) is 0 Å². The summed E-state index contributed by atoms with van der Waals surface area (Å²) in [6.45, 7) is 4.05. The van der Waals surface area contributed by atoms with Gasteiger partial charge in [0.15, 0.2) is 5.76 Å². The van der Waals surface area contributed by atoms with Crippen LogP contribution in [-0.2, 0) is 0 Å². The lowest BCUT2D eigenvalue weighted by atomic mass is 10.2. The Hall–Kier alpha value is -2.60. The lowest BCUT2D eigenvalue weighted by Gasteiger charge is -2.11. The van der Waals surface area contributed by atoms with Gasteiger partial charge < -0.3 is 8.98 Å². The van der Waals surface area contributed by atoms with Crippen molar-refractivity contribution in [3.8, 4) is 5.69 Å². The third-order valence-corrected chi connectivity index (χ3v) is 4.35. The minimum atomic E-state index is -0.379. The molecule has 0 unspecified atom stereocenters. The van der Waals surface area contributed by atoms with E-state index in [1.54, 1.807) is 18.3 Å². The number of benzene rings is 1. The second-order valence-corrected chi connectivity index (χ2v) is 6.14. The van der Waals surface area contributed by atoms with Gasteiger partial charge in [0, 0.05) is 21.4 Å². The van der Waals surface area contributed by atoms with Crippen molar-refractivity contribution in [3.63, 3.8) is 0 Å². The molecule has 2 aromatic heterocycles. The first-order valence-electron chi connectivity index (χ1n) is 7.38. The van der Waals surface area contributed by atoms with Crippen LogP contribution in [0.2, 0.25) is 0 Å². The standard InChI is InChI=1S/C18H16BrN3O2/c1-12-10-14(11-20-21-18(23)17-8-5-9-24-17)13(2)22(12)16-7-4-3-6-15(16)19/h3-11H,1-2H3,(H,21,23)/b20-11-. The van der Waals surface area contributed by atoms with E-state index in [9.17, 15) is 4.79 Å². The Labute approximate surface area is 148 Å². The first-order chi connectivity index (χ1) is 11.6. The predicted molar refractivity (Wildman–Crippen MR) is 96.7 cm³/mol. The summed E-state index contributed by atoms with van der Waals surface area (Å²) in [5, 5.41) is 4.02. The lowest BCUT2D eigenvalue weighted by Crippen LogP contribution is -2.16. The van der Waals surface area contributed by atoms with Gasteiger partial charge in [-0.2, -0.15) is 5.10 Å². The van der Waals surface area contributed by atoms with Crippen LogP contribution in [0, 0.1) is 13.8 Å². The van der Waals surface area contributed by atoms with Gasteiger partial charge in [-0.3, -0.25) is 4.79 Å². The molecule has 0 aliphatic rings. The van der Waals surface area contributed by atoms with Crippen molar-refractivity contribution in [1.82, 2.24) is 9.99 Å². The molecule has 0 aliphatic carbocycles. The molecule has 0 spiro atoms. The van der Waals surface area contributed by atoms with Crippen molar-refractivity contribution in [2.45, 2.75) is 13.8 Å². The van der Waals surface area contributed by atoms with E-state index >= 15 is 0 Å². The summed E-state index contributed by atoms with van der Waals surface area (Å²) in [7, 11) is 0. The highest BCUT2D eigenvalue weighted by Gasteiger charge is 2.12. The lowest BCUT2D eigenvalue weighted by molar-refractivity contribution is 0.0927. The zero-order valence-electron chi connectivity index (χ0n) is 13.3. The number of nitrogens with zero attached hydrogens (tertiary/aromatic N) is 2. The Morgan fingerprint density at radius 2 is 2.04 bits per heavy atom. The molecule has 0 saturated carbocycles. The van der Waals surface area contributed by atoms with Gasteiger partial charge in [0.2, 0.25) is 0 Å². The predicted octanol–water partition coefficient (Wildman–Crippen LogP) is 4.21. The van der Waals surface area contributed by atoms with Crippen LogP contribution in [0.25, 0.3) is 5.69 Å². The molecule has 0 saturated heterocycles. The Morgan fingerprint density at radius 1 is 1.25 bits per heavy atom. The monoisotopic (exact) mass is 385 g/mol. The van der Waals surface area contributed by atoms with Gasteiger partial charge in [-0.1, -0.05) is 12.1 Å². The first-order valence-corrected chi connectivity index (χ1v) is 8.18. The number of aryl methyl sites for hydroxylation is 1. The summed E-state index contributed by atoms with van der Waals surface area (Å²) < 4.78 is 8.17. The van der Waals surface area contributed by atoms with Crippen molar-refractivity contribution in [3.05, 3.63) is 75.9 Å². The number of carbonyl (C=O) groups is 1. The number of hydrazone groups is 1. The Balaban J connectivity index is 1.83. The van der Waals surface area contributed by atoms with Crippen LogP contribution in [0.4, 0.5) is 0 Å². The SMILES string of the molecule is Cc1cc(/C=N\NC(=O)c2ccco2)c(C)n1-c1ccccc1Br.